The van der Waals surface area contributed by atoms with Gasteiger partial charge in [0.05, 0.1) is 5.76 Å². The Kier molecular flexibility index (Phi) is 7.10. The molecule has 3 nitrogen and oxygen atoms in total. The van der Waals surface area contributed by atoms with E-state index < -0.39 is 0 Å². The number of hydrogen-bond donors (Lipinski definition) is 2. The molecule has 2 unspecified atom stereocenters. The highest BCUT2D eigenvalue weighted by Crippen LogP contribution is 2.38. The Hall–Kier alpha value is -1.84. The van der Waals surface area contributed by atoms with Crippen molar-refractivity contribution in [2.75, 3.05) is 19.6 Å². The molecule has 1 heterocycles. The monoisotopic (exact) mass is 352 g/mol. The number of piperidine rings is 1. The van der Waals surface area contributed by atoms with E-state index in [1.807, 2.05) is 31.2 Å². The van der Waals surface area contributed by atoms with Gasteiger partial charge in [0.2, 0.25) is 0 Å². The van der Waals surface area contributed by atoms with Crippen LogP contribution in [0.2, 0.25) is 0 Å². The highest BCUT2D eigenvalue weighted by atomic mass is 16.5. The molecule has 1 aromatic carbocycles. The Morgan fingerprint density at radius 1 is 1.23 bits per heavy atom. The number of nitrogens with one attached hydrogen (secondary N) is 2. The highest BCUT2D eigenvalue weighted by Gasteiger charge is 2.38. The second-order valence-electron chi connectivity index (χ2n) is 7.47. The zero-order chi connectivity index (χ0) is 18.2. The zero-order valence-corrected chi connectivity index (χ0v) is 15.9. The number of rotatable bonds is 9. The average Bonchev–Trinajstić information content (AvgIpc) is 3.46. The third-order valence-corrected chi connectivity index (χ3v) is 5.40. The molecular weight excluding hydrogens is 320 g/mol. The summed E-state index contributed by atoms with van der Waals surface area (Å²) in [6, 6.07) is 10.9. The molecule has 1 saturated carbocycles. The van der Waals surface area contributed by atoms with Gasteiger partial charge in [-0.25, -0.2) is 0 Å². The van der Waals surface area contributed by atoms with E-state index in [0.29, 0.717) is 18.6 Å². The van der Waals surface area contributed by atoms with Crippen LogP contribution >= 0.6 is 0 Å². The van der Waals surface area contributed by atoms with Crippen molar-refractivity contribution in [2.24, 2.45) is 11.8 Å². The average molecular weight is 353 g/mol. The maximum Gasteiger partial charge on any atom is 0.113 e. The lowest BCUT2D eigenvalue weighted by molar-refractivity contribution is 0.201. The van der Waals surface area contributed by atoms with Crippen molar-refractivity contribution in [1.82, 2.24) is 10.6 Å². The molecule has 2 N–H and O–H groups in total. The van der Waals surface area contributed by atoms with Gasteiger partial charge in [-0.2, -0.15) is 0 Å². The maximum absolute atomic E-state index is 5.84. The van der Waals surface area contributed by atoms with Gasteiger partial charge < -0.3 is 15.4 Å². The minimum atomic E-state index is 0.604. The lowest BCUT2D eigenvalue weighted by Crippen LogP contribution is -2.34. The van der Waals surface area contributed by atoms with Gasteiger partial charge >= 0.3 is 0 Å². The molecule has 3 heteroatoms. The smallest absolute Gasteiger partial charge is 0.113 e. The van der Waals surface area contributed by atoms with Crippen molar-refractivity contribution in [3.05, 3.63) is 72.0 Å². The summed E-state index contributed by atoms with van der Waals surface area (Å²) in [4.78, 5) is 0. The fraction of sp³-hybridized carbons (Fsp3) is 0.478. The Labute approximate surface area is 158 Å². The van der Waals surface area contributed by atoms with Crippen LogP contribution in [-0.4, -0.2) is 25.7 Å². The number of benzene rings is 1. The molecule has 2 aliphatic rings. The van der Waals surface area contributed by atoms with Crippen molar-refractivity contribution in [1.29, 1.82) is 0 Å². The standard InChI is InChI=1S/C23H32N2O/c1-3-21(10-9-18(2)26-17-20-7-5-4-6-8-20)22-15-23(22)25-16-19-11-13-24-14-12-19/h3-10,19,22-25H,1,11-17H2,2H3. The fourth-order valence-corrected chi connectivity index (χ4v) is 3.57. The first-order valence-electron chi connectivity index (χ1n) is 9.88. The molecule has 0 aromatic heterocycles. The van der Waals surface area contributed by atoms with Gasteiger partial charge in [-0.3, -0.25) is 0 Å². The summed E-state index contributed by atoms with van der Waals surface area (Å²) in [6.45, 7) is 10.1. The Morgan fingerprint density at radius 3 is 2.73 bits per heavy atom. The second kappa shape index (κ2) is 9.75. The van der Waals surface area contributed by atoms with E-state index in [0.717, 1.165) is 18.2 Å². The van der Waals surface area contributed by atoms with Crippen LogP contribution in [0.1, 0.15) is 31.7 Å². The molecular formula is C23H32N2O. The van der Waals surface area contributed by atoms with Crippen LogP contribution < -0.4 is 10.6 Å². The van der Waals surface area contributed by atoms with Crippen LogP contribution in [0, 0.1) is 11.8 Å². The van der Waals surface area contributed by atoms with Crippen molar-refractivity contribution in [2.45, 2.75) is 38.8 Å². The SMILES string of the molecule is C=CC(=CC=C(C)OCc1ccccc1)C1CC1NCC1CCNCC1. The highest BCUT2D eigenvalue weighted by molar-refractivity contribution is 5.31. The molecule has 0 amide bonds. The van der Waals surface area contributed by atoms with Gasteiger partial charge in [-0.15, -0.1) is 0 Å². The van der Waals surface area contributed by atoms with Crippen molar-refractivity contribution in [3.8, 4) is 0 Å². The first-order chi connectivity index (χ1) is 12.8. The third kappa shape index (κ3) is 5.86. The summed E-state index contributed by atoms with van der Waals surface area (Å²) in [5, 5.41) is 7.19. The number of hydrogen-bond acceptors (Lipinski definition) is 3. The molecule has 1 aliphatic heterocycles. The predicted octanol–water partition coefficient (Wildman–Crippen LogP) is 4.20. The summed E-state index contributed by atoms with van der Waals surface area (Å²) in [5.41, 5.74) is 2.51. The van der Waals surface area contributed by atoms with Crippen LogP contribution in [0.4, 0.5) is 0 Å². The Morgan fingerprint density at radius 2 is 2.00 bits per heavy atom. The third-order valence-electron chi connectivity index (χ3n) is 5.40. The summed E-state index contributed by atoms with van der Waals surface area (Å²) in [7, 11) is 0. The van der Waals surface area contributed by atoms with Crippen molar-refractivity contribution >= 4 is 0 Å². The lowest BCUT2D eigenvalue weighted by Gasteiger charge is -2.22. The molecule has 3 rings (SSSR count). The summed E-state index contributed by atoms with van der Waals surface area (Å²) in [6.07, 6.45) is 10.1. The van der Waals surface area contributed by atoms with Gasteiger partial charge in [0.1, 0.15) is 6.61 Å². The minimum Gasteiger partial charge on any atom is -0.494 e. The van der Waals surface area contributed by atoms with E-state index in [-0.39, 0.29) is 0 Å². The van der Waals surface area contributed by atoms with Crippen LogP contribution in [-0.2, 0) is 11.3 Å². The summed E-state index contributed by atoms with van der Waals surface area (Å²) >= 11 is 0. The molecule has 0 bridgehead atoms. The topological polar surface area (TPSA) is 33.3 Å². The van der Waals surface area contributed by atoms with E-state index in [1.54, 1.807) is 0 Å². The first kappa shape index (κ1) is 18.9. The van der Waals surface area contributed by atoms with E-state index in [9.17, 15) is 0 Å². The molecule has 1 saturated heterocycles. The molecule has 2 atom stereocenters. The fourth-order valence-electron chi connectivity index (χ4n) is 3.57. The quantitative estimate of drug-likeness (QED) is 0.516. The largest absolute Gasteiger partial charge is 0.494 e. The lowest BCUT2D eigenvalue weighted by atomic mass is 9.98. The van der Waals surface area contributed by atoms with E-state index in [1.165, 1.54) is 43.5 Å². The minimum absolute atomic E-state index is 0.604. The van der Waals surface area contributed by atoms with Crippen LogP contribution in [0.25, 0.3) is 0 Å². The van der Waals surface area contributed by atoms with Gasteiger partial charge in [-0.1, -0.05) is 49.1 Å². The van der Waals surface area contributed by atoms with Gasteiger partial charge in [0, 0.05) is 12.0 Å². The van der Waals surface area contributed by atoms with Gasteiger partial charge in [0.25, 0.3) is 0 Å². The normalized spacial score (nSPS) is 24.3. The molecule has 140 valence electrons. The van der Waals surface area contributed by atoms with Crippen molar-refractivity contribution < 1.29 is 4.74 Å². The van der Waals surface area contributed by atoms with Gasteiger partial charge in [0.15, 0.2) is 0 Å². The van der Waals surface area contributed by atoms with E-state index in [2.05, 4.69) is 41.5 Å². The maximum atomic E-state index is 5.84. The number of ether oxygens (including phenoxy) is 1. The zero-order valence-electron chi connectivity index (χ0n) is 15.9. The molecule has 26 heavy (non-hydrogen) atoms. The first-order valence-corrected chi connectivity index (χ1v) is 9.88. The molecule has 1 aliphatic carbocycles. The van der Waals surface area contributed by atoms with Gasteiger partial charge in [-0.05, 0) is 69.0 Å². The molecule has 2 fully saturated rings. The molecule has 1 aromatic rings. The molecule has 0 radical (unpaired) electrons. The Bertz CT molecular complexity index is 629. The summed E-state index contributed by atoms with van der Waals surface area (Å²) in [5.74, 6) is 2.38. The van der Waals surface area contributed by atoms with E-state index >= 15 is 0 Å². The number of allylic oxidation sites excluding steroid dienone is 4. The van der Waals surface area contributed by atoms with Crippen LogP contribution in [0.15, 0.2) is 66.5 Å². The van der Waals surface area contributed by atoms with Crippen LogP contribution in [0.3, 0.4) is 0 Å². The van der Waals surface area contributed by atoms with E-state index in [4.69, 9.17) is 4.74 Å². The molecule has 0 spiro atoms. The Balaban J connectivity index is 1.43. The summed E-state index contributed by atoms with van der Waals surface area (Å²) < 4.78 is 5.84. The predicted molar refractivity (Wildman–Crippen MR) is 109 cm³/mol. The van der Waals surface area contributed by atoms with Crippen molar-refractivity contribution in [3.63, 3.8) is 0 Å². The second-order valence-corrected chi connectivity index (χ2v) is 7.47. The van der Waals surface area contributed by atoms with Crippen LogP contribution in [0.5, 0.6) is 0 Å².